The summed E-state index contributed by atoms with van der Waals surface area (Å²) < 4.78 is 0. The summed E-state index contributed by atoms with van der Waals surface area (Å²) in [6, 6.07) is 7.60. The standard InChI is InChI=1S/C15H17ClN2OS/c1-2-3-8-17-14(19)9-11-10-20-15(18-11)12-6-4-5-7-13(12)16/h4-7,10H,2-3,8-9H2,1H3,(H,17,19). The van der Waals surface area contributed by atoms with Crippen LogP contribution in [0.4, 0.5) is 0 Å². The van der Waals surface area contributed by atoms with Crippen molar-refractivity contribution < 1.29 is 4.79 Å². The van der Waals surface area contributed by atoms with Gasteiger partial charge in [0, 0.05) is 17.5 Å². The fourth-order valence-electron chi connectivity index (χ4n) is 1.78. The minimum absolute atomic E-state index is 0.0226. The van der Waals surface area contributed by atoms with E-state index in [1.807, 2.05) is 29.6 Å². The summed E-state index contributed by atoms with van der Waals surface area (Å²) in [6.45, 7) is 2.83. The SMILES string of the molecule is CCCCNC(=O)Cc1csc(-c2ccccc2Cl)n1. The molecular formula is C15H17ClN2OS. The lowest BCUT2D eigenvalue weighted by Gasteiger charge is -2.02. The maximum atomic E-state index is 11.7. The van der Waals surface area contributed by atoms with Crippen LogP contribution in [0, 0.1) is 0 Å². The Labute approximate surface area is 128 Å². The highest BCUT2D eigenvalue weighted by Crippen LogP contribution is 2.30. The summed E-state index contributed by atoms with van der Waals surface area (Å²) in [7, 11) is 0. The summed E-state index contributed by atoms with van der Waals surface area (Å²) in [5.41, 5.74) is 1.70. The first-order valence-corrected chi connectivity index (χ1v) is 7.92. The van der Waals surface area contributed by atoms with E-state index in [1.54, 1.807) is 0 Å². The van der Waals surface area contributed by atoms with Gasteiger partial charge >= 0.3 is 0 Å². The van der Waals surface area contributed by atoms with Crippen LogP contribution in [0.5, 0.6) is 0 Å². The predicted octanol–water partition coefficient (Wildman–Crippen LogP) is 3.92. The molecule has 2 aromatic rings. The molecule has 3 nitrogen and oxygen atoms in total. The molecule has 1 aromatic carbocycles. The molecule has 0 atom stereocenters. The summed E-state index contributed by atoms with van der Waals surface area (Å²) in [5.74, 6) is 0.0226. The minimum Gasteiger partial charge on any atom is -0.356 e. The molecular weight excluding hydrogens is 292 g/mol. The zero-order chi connectivity index (χ0) is 14.4. The Morgan fingerprint density at radius 3 is 2.95 bits per heavy atom. The number of carbonyl (C=O) groups is 1. The number of nitrogens with one attached hydrogen (secondary N) is 1. The minimum atomic E-state index is 0.0226. The van der Waals surface area contributed by atoms with E-state index in [4.69, 9.17) is 11.6 Å². The molecule has 5 heteroatoms. The van der Waals surface area contributed by atoms with Gasteiger partial charge in [-0.3, -0.25) is 4.79 Å². The normalized spacial score (nSPS) is 10.5. The third kappa shape index (κ3) is 4.05. The Balaban J connectivity index is 1.99. The van der Waals surface area contributed by atoms with E-state index in [0.29, 0.717) is 11.4 Å². The number of hydrogen-bond donors (Lipinski definition) is 1. The monoisotopic (exact) mass is 308 g/mol. The second-order valence-corrected chi connectivity index (χ2v) is 5.77. The van der Waals surface area contributed by atoms with Gasteiger partial charge in [0.25, 0.3) is 0 Å². The van der Waals surface area contributed by atoms with E-state index in [0.717, 1.165) is 35.7 Å². The maximum absolute atomic E-state index is 11.7. The number of benzene rings is 1. The third-order valence-electron chi connectivity index (χ3n) is 2.85. The van der Waals surface area contributed by atoms with Crippen molar-refractivity contribution in [3.05, 3.63) is 40.4 Å². The molecule has 0 unspecified atom stereocenters. The zero-order valence-corrected chi connectivity index (χ0v) is 12.9. The van der Waals surface area contributed by atoms with Crippen LogP contribution in [0.25, 0.3) is 10.6 Å². The summed E-state index contributed by atoms with van der Waals surface area (Å²) in [5, 5.41) is 6.34. The van der Waals surface area contributed by atoms with Crippen LogP contribution in [0.15, 0.2) is 29.6 Å². The molecule has 0 fully saturated rings. The lowest BCUT2D eigenvalue weighted by atomic mass is 10.2. The van der Waals surface area contributed by atoms with Crippen LogP contribution < -0.4 is 5.32 Å². The number of aromatic nitrogens is 1. The van der Waals surface area contributed by atoms with Crippen LogP contribution >= 0.6 is 22.9 Å². The number of hydrogen-bond acceptors (Lipinski definition) is 3. The molecule has 1 N–H and O–H groups in total. The molecule has 1 aromatic heterocycles. The molecule has 1 amide bonds. The van der Waals surface area contributed by atoms with Crippen LogP contribution in [0.3, 0.4) is 0 Å². The van der Waals surface area contributed by atoms with Gasteiger partial charge in [-0.25, -0.2) is 4.98 Å². The molecule has 2 rings (SSSR count). The van der Waals surface area contributed by atoms with Crippen molar-refractivity contribution in [2.75, 3.05) is 6.54 Å². The summed E-state index contributed by atoms with van der Waals surface area (Å²) in [6.07, 6.45) is 2.41. The number of carbonyl (C=O) groups excluding carboxylic acids is 1. The maximum Gasteiger partial charge on any atom is 0.226 e. The fraction of sp³-hybridized carbons (Fsp3) is 0.333. The Kier molecular flexibility index (Phi) is 5.56. The van der Waals surface area contributed by atoms with Gasteiger partial charge in [-0.05, 0) is 12.5 Å². The highest BCUT2D eigenvalue weighted by Gasteiger charge is 2.10. The van der Waals surface area contributed by atoms with E-state index in [-0.39, 0.29) is 5.91 Å². The lowest BCUT2D eigenvalue weighted by molar-refractivity contribution is -0.120. The van der Waals surface area contributed by atoms with Gasteiger partial charge in [-0.1, -0.05) is 43.1 Å². The molecule has 0 saturated heterocycles. The van der Waals surface area contributed by atoms with Crippen molar-refractivity contribution in [1.29, 1.82) is 0 Å². The van der Waals surface area contributed by atoms with Crippen molar-refractivity contribution in [2.24, 2.45) is 0 Å². The third-order valence-corrected chi connectivity index (χ3v) is 4.10. The smallest absolute Gasteiger partial charge is 0.226 e. The number of amides is 1. The molecule has 1 heterocycles. The first kappa shape index (κ1) is 15.0. The van der Waals surface area contributed by atoms with E-state index in [1.165, 1.54) is 11.3 Å². The summed E-state index contributed by atoms with van der Waals surface area (Å²) >= 11 is 7.66. The molecule has 0 bridgehead atoms. The first-order valence-electron chi connectivity index (χ1n) is 6.66. The van der Waals surface area contributed by atoms with Crippen LogP contribution in [-0.2, 0) is 11.2 Å². The van der Waals surface area contributed by atoms with Gasteiger partial charge in [0.1, 0.15) is 5.01 Å². The van der Waals surface area contributed by atoms with Crippen LogP contribution in [0.2, 0.25) is 5.02 Å². The molecule has 0 saturated carbocycles. The van der Waals surface area contributed by atoms with E-state index in [9.17, 15) is 4.79 Å². The molecule has 0 radical (unpaired) electrons. The average Bonchev–Trinajstić information content (AvgIpc) is 2.88. The second-order valence-electron chi connectivity index (χ2n) is 4.50. The van der Waals surface area contributed by atoms with E-state index >= 15 is 0 Å². The first-order chi connectivity index (χ1) is 9.70. The Hall–Kier alpha value is -1.39. The van der Waals surface area contributed by atoms with E-state index in [2.05, 4.69) is 17.2 Å². The van der Waals surface area contributed by atoms with Gasteiger partial charge in [0.05, 0.1) is 17.1 Å². The molecule has 0 spiro atoms. The van der Waals surface area contributed by atoms with Crippen LogP contribution in [-0.4, -0.2) is 17.4 Å². The molecule has 0 aliphatic carbocycles. The number of halogens is 1. The van der Waals surface area contributed by atoms with Gasteiger partial charge < -0.3 is 5.32 Å². The van der Waals surface area contributed by atoms with Crippen molar-refractivity contribution in [1.82, 2.24) is 10.3 Å². The van der Waals surface area contributed by atoms with Crippen molar-refractivity contribution in [3.8, 4) is 10.6 Å². The predicted molar refractivity (Wildman–Crippen MR) is 84.2 cm³/mol. The van der Waals surface area contributed by atoms with Crippen molar-refractivity contribution >= 4 is 28.8 Å². The second kappa shape index (κ2) is 7.41. The number of nitrogens with zero attached hydrogens (tertiary/aromatic N) is 1. The number of rotatable bonds is 6. The van der Waals surface area contributed by atoms with Crippen molar-refractivity contribution in [3.63, 3.8) is 0 Å². The highest BCUT2D eigenvalue weighted by molar-refractivity contribution is 7.13. The van der Waals surface area contributed by atoms with Crippen molar-refractivity contribution in [2.45, 2.75) is 26.2 Å². The van der Waals surface area contributed by atoms with Gasteiger partial charge in [-0.15, -0.1) is 11.3 Å². The fourth-order valence-corrected chi connectivity index (χ4v) is 2.92. The molecule has 106 valence electrons. The Morgan fingerprint density at radius 1 is 1.40 bits per heavy atom. The van der Waals surface area contributed by atoms with Gasteiger partial charge in [-0.2, -0.15) is 0 Å². The Morgan fingerprint density at radius 2 is 2.20 bits per heavy atom. The quantitative estimate of drug-likeness (QED) is 0.822. The van der Waals surface area contributed by atoms with Gasteiger partial charge in [0.15, 0.2) is 0 Å². The topological polar surface area (TPSA) is 42.0 Å². The number of unbranched alkanes of at least 4 members (excludes halogenated alkanes) is 1. The molecule has 0 aliphatic heterocycles. The lowest BCUT2D eigenvalue weighted by Crippen LogP contribution is -2.26. The van der Waals surface area contributed by atoms with Gasteiger partial charge in [0.2, 0.25) is 5.91 Å². The zero-order valence-electron chi connectivity index (χ0n) is 11.4. The Bertz CT molecular complexity index is 583. The largest absolute Gasteiger partial charge is 0.356 e. The molecule has 20 heavy (non-hydrogen) atoms. The van der Waals surface area contributed by atoms with Crippen LogP contribution in [0.1, 0.15) is 25.5 Å². The highest BCUT2D eigenvalue weighted by atomic mass is 35.5. The summed E-state index contributed by atoms with van der Waals surface area (Å²) in [4.78, 5) is 16.2. The number of thiazole rings is 1. The van der Waals surface area contributed by atoms with E-state index < -0.39 is 0 Å². The average molecular weight is 309 g/mol. The molecule has 0 aliphatic rings.